The first-order valence-electron chi connectivity index (χ1n) is 6.47. The molecular weight excluding hydrogens is 333 g/mol. The molecule has 0 atom stereocenters. The van der Waals surface area contributed by atoms with Crippen LogP contribution in [0.1, 0.15) is 11.1 Å². The van der Waals surface area contributed by atoms with E-state index in [0.717, 1.165) is 12.1 Å². The van der Waals surface area contributed by atoms with Crippen LogP contribution in [-0.4, -0.2) is 14.8 Å². The standard InChI is InChI=1S/C15H13F3O4S/c1-11-7-8-14(13(9-11)22-15(16,17)18)23(19,20)21-10-12-5-3-2-4-6-12/h2-9H,10H2,1H3. The summed E-state index contributed by atoms with van der Waals surface area (Å²) in [5.74, 6) is -0.814. The van der Waals surface area contributed by atoms with E-state index in [0.29, 0.717) is 11.1 Å². The molecule has 0 saturated heterocycles. The van der Waals surface area contributed by atoms with Crippen molar-refractivity contribution in [1.29, 1.82) is 0 Å². The van der Waals surface area contributed by atoms with Crippen LogP contribution in [0.4, 0.5) is 13.2 Å². The summed E-state index contributed by atoms with van der Waals surface area (Å²) >= 11 is 0. The highest BCUT2D eigenvalue weighted by Gasteiger charge is 2.34. The summed E-state index contributed by atoms with van der Waals surface area (Å²) in [5, 5.41) is 0. The minimum absolute atomic E-state index is 0.289. The van der Waals surface area contributed by atoms with Crippen molar-refractivity contribution in [3.8, 4) is 5.75 Å². The fourth-order valence-electron chi connectivity index (χ4n) is 1.81. The molecule has 2 aromatic carbocycles. The maximum atomic E-state index is 12.4. The Morgan fingerprint density at radius 3 is 2.30 bits per heavy atom. The van der Waals surface area contributed by atoms with Crippen molar-refractivity contribution in [2.75, 3.05) is 0 Å². The second kappa shape index (κ2) is 6.59. The number of ether oxygens (including phenoxy) is 1. The quantitative estimate of drug-likeness (QED) is 0.773. The van der Waals surface area contributed by atoms with Crippen LogP contribution in [0, 0.1) is 6.92 Å². The zero-order chi connectivity index (χ0) is 17.1. The number of hydrogen-bond acceptors (Lipinski definition) is 4. The van der Waals surface area contributed by atoms with Crippen molar-refractivity contribution in [2.24, 2.45) is 0 Å². The Kier molecular flexibility index (Phi) is 4.96. The molecule has 0 bridgehead atoms. The molecule has 23 heavy (non-hydrogen) atoms. The number of halogens is 3. The van der Waals surface area contributed by atoms with E-state index in [2.05, 4.69) is 4.74 Å². The molecule has 0 aliphatic rings. The fraction of sp³-hybridized carbons (Fsp3) is 0.200. The molecule has 0 N–H and O–H groups in total. The van der Waals surface area contributed by atoms with Crippen LogP contribution in [0.3, 0.4) is 0 Å². The van der Waals surface area contributed by atoms with Crippen molar-refractivity contribution in [3.63, 3.8) is 0 Å². The van der Waals surface area contributed by atoms with Gasteiger partial charge < -0.3 is 4.74 Å². The number of aryl methyl sites for hydroxylation is 1. The van der Waals surface area contributed by atoms with E-state index in [1.807, 2.05) is 0 Å². The van der Waals surface area contributed by atoms with Gasteiger partial charge in [0.15, 0.2) is 5.75 Å². The number of benzene rings is 2. The minimum atomic E-state index is -5.00. The van der Waals surface area contributed by atoms with Crippen LogP contribution in [0.15, 0.2) is 53.4 Å². The summed E-state index contributed by atoms with van der Waals surface area (Å²) in [5.41, 5.74) is 0.993. The van der Waals surface area contributed by atoms with Crippen LogP contribution in [0.25, 0.3) is 0 Å². The van der Waals surface area contributed by atoms with Crippen molar-refractivity contribution in [1.82, 2.24) is 0 Å². The molecule has 0 unspecified atom stereocenters. The predicted octanol–water partition coefficient (Wildman–Crippen LogP) is 3.80. The molecule has 0 radical (unpaired) electrons. The Labute approximate surface area is 131 Å². The lowest BCUT2D eigenvalue weighted by Gasteiger charge is -2.14. The molecule has 0 fully saturated rings. The molecule has 8 heteroatoms. The Morgan fingerprint density at radius 2 is 1.70 bits per heavy atom. The third-order valence-corrected chi connectivity index (χ3v) is 4.12. The van der Waals surface area contributed by atoms with Gasteiger partial charge in [-0.1, -0.05) is 36.4 Å². The fourth-order valence-corrected chi connectivity index (χ4v) is 2.81. The van der Waals surface area contributed by atoms with Gasteiger partial charge in [0.2, 0.25) is 0 Å². The van der Waals surface area contributed by atoms with E-state index in [-0.39, 0.29) is 6.61 Å². The zero-order valence-electron chi connectivity index (χ0n) is 12.0. The van der Waals surface area contributed by atoms with Crippen molar-refractivity contribution in [2.45, 2.75) is 24.8 Å². The van der Waals surface area contributed by atoms with E-state index < -0.39 is 27.1 Å². The molecule has 0 spiro atoms. The summed E-state index contributed by atoms with van der Waals surface area (Å²) in [6, 6.07) is 11.8. The van der Waals surface area contributed by atoms with Crippen LogP contribution in [-0.2, 0) is 20.9 Å². The van der Waals surface area contributed by atoms with Gasteiger partial charge in [-0.05, 0) is 30.2 Å². The zero-order valence-corrected chi connectivity index (χ0v) is 12.8. The minimum Gasteiger partial charge on any atom is -0.404 e. The molecular formula is C15H13F3O4S. The van der Waals surface area contributed by atoms with Crippen LogP contribution < -0.4 is 4.74 Å². The van der Waals surface area contributed by atoms with Gasteiger partial charge in [0, 0.05) is 0 Å². The van der Waals surface area contributed by atoms with Gasteiger partial charge in [-0.2, -0.15) is 8.42 Å². The van der Waals surface area contributed by atoms with Gasteiger partial charge in [-0.3, -0.25) is 4.18 Å². The van der Waals surface area contributed by atoms with E-state index in [1.54, 1.807) is 30.3 Å². The first-order chi connectivity index (χ1) is 10.7. The highest BCUT2D eigenvalue weighted by atomic mass is 32.2. The van der Waals surface area contributed by atoms with E-state index in [1.165, 1.54) is 13.0 Å². The topological polar surface area (TPSA) is 52.6 Å². The molecule has 0 heterocycles. The van der Waals surface area contributed by atoms with Gasteiger partial charge in [0.25, 0.3) is 0 Å². The Hall–Kier alpha value is -2.06. The lowest BCUT2D eigenvalue weighted by molar-refractivity contribution is -0.275. The molecule has 0 aromatic heterocycles. The van der Waals surface area contributed by atoms with Gasteiger partial charge in [0.05, 0.1) is 6.61 Å². The van der Waals surface area contributed by atoms with Crippen LogP contribution in [0.2, 0.25) is 0 Å². The predicted molar refractivity (Wildman–Crippen MR) is 76.3 cm³/mol. The summed E-state index contributed by atoms with van der Waals surface area (Å²) < 4.78 is 70.2. The van der Waals surface area contributed by atoms with Gasteiger partial charge in [-0.15, -0.1) is 13.2 Å². The van der Waals surface area contributed by atoms with E-state index >= 15 is 0 Å². The number of rotatable bonds is 5. The summed E-state index contributed by atoms with van der Waals surface area (Å²) in [7, 11) is -4.40. The Balaban J connectivity index is 2.28. The summed E-state index contributed by atoms with van der Waals surface area (Å²) in [6.07, 6.45) is -5.00. The molecule has 0 aliphatic carbocycles. The lowest BCUT2D eigenvalue weighted by Crippen LogP contribution is -2.19. The maximum Gasteiger partial charge on any atom is 0.573 e. The largest absolute Gasteiger partial charge is 0.573 e. The Morgan fingerprint density at radius 1 is 1.04 bits per heavy atom. The van der Waals surface area contributed by atoms with E-state index in [4.69, 9.17) is 4.18 Å². The van der Waals surface area contributed by atoms with Crippen molar-refractivity contribution >= 4 is 10.1 Å². The SMILES string of the molecule is Cc1ccc(S(=O)(=O)OCc2ccccc2)c(OC(F)(F)F)c1. The normalized spacial score (nSPS) is 12.2. The van der Waals surface area contributed by atoms with Gasteiger partial charge >= 0.3 is 16.5 Å². The van der Waals surface area contributed by atoms with Crippen LogP contribution in [0.5, 0.6) is 5.75 Å². The molecule has 124 valence electrons. The smallest absolute Gasteiger partial charge is 0.404 e. The van der Waals surface area contributed by atoms with Crippen molar-refractivity contribution < 1.29 is 30.5 Å². The number of alkyl halides is 3. The van der Waals surface area contributed by atoms with Crippen molar-refractivity contribution in [3.05, 3.63) is 59.7 Å². The molecule has 2 aromatic rings. The summed E-state index contributed by atoms with van der Waals surface area (Å²) in [6.45, 7) is 1.23. The third kappa shape index (κ3) is 4.97. The van der Waals surface area contributed by atoms with E-state index in [9.17, 15) is 21.6 Å². The highest BCUT2D eigenvalue weighted by Crippen LogP contribution is 2.31. The van der Waals surface area contributed by atoms with Gasteiger partial charge in [0.1, 0.15) is 4.90 Å². The maximum absolute atomic E-state index is 12.4. The second-order valence-electron chi connectivity index (χ2n) is 4.70. The summed E-state index contributed by atoms with van der Waals surface area (Å²) in [4.78, 5) is -0.670. The molecule has 0 aliphatic heterocycles. The molecule has 4 nitrogen and oxygen atoms in total. The van der Waals surface area contributed by atoms with Crippen LogP contribution >= 0.6 is 0 Å². The molecule has 0 saturated carbocycles. The first kappa shape index (κ1) is 17.3. The number of hydrogen-bond donors (Lipinski definition) is 0. The van der Waals surface area contributed by atoms with Gasteiger partial charge in [-0.25, -0.2) is 0 Å². The second-order valence-corrected chi connectivity index (χ2v) is 6.28. The average molecular weight is 346 g/mol. The average Bonchev–Trinajstić information content (AvgIpc) is 2.44. The highest BCUT2D eigenvalue weighted by molar-refractivity contribution is 7.86. The first-order valence-corrected chi connectivity index (χ1v) is 7.88. The molecule has 0 amide bonds. The third-order valence-electron chi connectivity index (χ3n) is 2.82. The monoisotopic (exact) mass is 346 g/mol. The Bertz CT molecular complexity index is 771. The molecule has 2 rings (SSSR count). The lowest BCUT2D eigenvalue weighted by atomic mass is 10.2.